The molecule has 0 bridgehead atoms. The minimum atomic E-state index is -1.08. The average Bonchev–Trinajstić information content (AvgIpc) is 3.68. The van der Waals surface area contributed by atoms with Gasteiger partial charge in [0.1, 0.15) is 18.5 Å². The van der Waals surface area contributed by atoms with Crippen molar-refractivity contribution >= 4 is 57.6 Å². The minimum Gasteiger partial charge on any atom is -0.491 e. The van der Waals surface area contributed by atoms with Gasteiger partial charge in [0.05, 0.1) is 35.4 Å². The highest BCUT2D eigenvalue weighted by Gasteiger charge is 2.45. The Hall–Kier alpha value is -3.43. The second-order valence-electron chi connectivity index (χ2n) is 10.2. The van der Waals surface area contributed by atoms with Crippen LogP contribution in [0.2, 0.25) is 10.0 Å². The molecule has 6 rings (SSSR count). The van der Waals surface area contributed by atoms with Crippen LogP contribution >= 0.6 is 35.4 Å². The molecule has 0 unspecified atom stereocenters. The van der Waals surface area contributed by atoms with E-state index < -0.39 is 5.79 Å². The largest absolute Gasteiger partial charge is 0.491 e. The Balaban J connectivity index is 1.04. The molecule has 8 nitrogen and oxygen atoms in total. The molecule has 0 spiro atoms. The Morgan fingerprint density at radius 2 is 1.67 bits per heavy atom. The molecule has 0 saturated carbocycles. The van der Waals surface area contributed by atoms with Crippen LogP contribution in [0, 0.1) is 0 Å². The number of ether oxygens (including phenoxy) is 3. The van der Waals surface area contributed by atoms with Gasteiger partial charge in [-0.1, -0.05) is 29.3 Å². The van der Waals surface area contributed by atoms with E-state index in [0.29, 0.717) is 35.4 Å². The summed E-state index contributed by atoms with van der Waals surface area (Å²) < 4.78 is 20.8. The van der Waals surface area contributed by atoms with Crippen LogP contribution in [0.25, 0.3) is 0 Å². The molecule has 4 aromatic rings. The Labute approximate surface area is 260 Å². The summed E-state index contributed by atoms with van der Waals surface area (Å²) in [6, 6.07) is 21.6. The number of thiocarbonyl (C=S) groups is 1. The van der Waals surface area contributed by atoms with Gasteiger partial charge in [-0.15, -0.1) is 0 Å². The summed E-state index contributed by atoms with van der Waals surface area (Å²) in [5.41, 5.74) is 3.89. The fourth-order valence-corrected chi connectivity index (χ4v) is 5.99. The lowest BCUT2D eigenvalue weighted by Crippen LogP contribution is -2.46. The maximum Gasteiger partial charge on any atom is 0.215 e. The van der Waals surface area contributed by atoms with Crippen molar-refractivity contribution in [3.05, 3.63) is 101 Å². The number of isothiocyanates is 1. The maximum absolute atomic E-state index is 6.58. The summed E-state index contributed by atoms with van der Waals surface area (Å²) in [6.07, 6.45) is 5.01. The Morgan fingerprint density at radius 1 is 0.976 bits per heavy atom. The number of aliphatic imine (C=N–C) groups is 1. The molecule has 3 aromatic carbocycles. The number of anilines is 2. The summed E-state index contributed by atoms with van der Waals surface area (Å²) in [6.45, 7) is 4.82. The molecular formula is C31H29Cl2N5O3S. The van der Waals surface area contributed by atoms with E-state index in [2.05, 4.69) is 61.4 Å². The van der Waals surface area contributed by atoms with Crippen molar-refractivity contribution in [1.82, 2.24) is 9.55 Å². The lowest BCUT2D eigenvalue weighted by atomic mass is 10.1. The normalized spacial score (nSPS) is 20.4. The molecule has 2 saturated heterocycles. The number of imidazole rings is 1. The molecule has 0 N–H and O–H groups in total. The average molecular weight is 623 g/mol. The van der Waals surface area contributed by atoms with Crippen molar-refractivity contribution in [2.75, 3.05) is 49.2 Å². The first-order chi connectivity index (χ1) is 20.5. The molecule has 11 heteroatoms. The second-order valence-corrected chi connectivity index (χ2v) is 11.2. The molecule has 3 heterocycles. The summed E-state index contributed by atoms with van der Waals surface area (Å²) in [5, 5.41) is 3.44. The van der Waals surface area contributed by atoms with Crippen LogP contribution < -0.4 is 14.5 Å². The number of hydrogen-bond donors (Lipinski definition) is 0. The van der Waals surface area contributed by atoms with Gasteiger partial charge in [0.25, 0.3) is 0 Å². The van der Waals surface area contributed by atoms with Crippen molar-refractivity contribution in [1.29, 1.82) is 0 Å². The van der Waals surface area contributed by atoms with Crippen LogP contribution in [-0.2, 0) is 21.8 Å². The topological polar surface area (TPSA) is 64.3 Å². The van der Waals surface area contributed by atoms with Gasteiger partial charge in [-0.2, -0.15) is 4.99 Å². The van der Waals surface area contributed by atoms with Gasteiger partial charge in [0.2, 0.25) is 5.79 Å². The Kier molecular flexibility index (Phi) is 8.76. The quantitative estimate of drug-likeness (QED) is 0.154. The third-order valence-electron chi connectivity index (χ3n) is 7.46. The summed E-state index contributed by atoms with van der Waals surface area (Å²) >= 11 is 17.4. The Bertz CT molecular complexity index is 1540. The van der Waals surface area contributed by atoms with Crippen molar-refractivity contribution in [2.24, 2.45) is 4.99 Å². The number of halogens is 2. The highest BCUT2D eigenvalue weighted by atomic mass is 35.5. The smallest absolute Gasteiger partial charge is 0.215 e. The minimum absolute atomic E-state index is 0.288. The van der Waals surface area contributed by atoms with E-state index >= 15 is 0 Å². The van der Waals surface area contributed by atoms with E-state index in [1.807, 2.05) is 41.1 Å². The van der Waals surface area contributed by atoms with Crippen LogP contribution in [0.4, 0.5) is 17.1 Å². The first kappa shape index (κ1) is 28.7. The van der Waals surface area contributed by atoms with Crippen LogP contribution in [-0.4, -0.2) is 60.2 Å². The fraction of sp³-hybridized carbons (Fsp3) is 0.290. The van der Waals surface area contributed by atoms with Gasteiger partial charge < -0.3 is 28.6 Å². The lowest BCUT2D eigenvalue weighted by Gasteiger charge is -2.37. The van der Waals surface area contributed by atoms with E-state index in [9.17, 15) is 0 Å². The SMILES string of the molecule is S=C=Nc1ccc(N2CCN(c3ccc(OC[C@@H]4CO[C@@](Cn5ccnc5)(c5ccc(Cl)cc5Cl)O4)cc3)CC2)cc1. The predicted molar refractivity (Wildman–Crippen MR) is 169 cm³/mol. The zero-order valence-electron chi connectivity index (χ0n) is 22.7. The summed E-state index contributed by atoms with van der Waals surface area (Å²) in [5.74, 6) is -0.306. The number of nitrogens with zero attached hydrogens (tertiary/aromatic N) is 5. The number of piperazine rings is 1. The standard InChI is InChI=1S/C31H29Cl2N5O3S/c32-23-1-10-29(30(33)17-23)31(20-36-12-11-34-21-36)40-19-28(41-31)18-39-27-8-6-26(7-9-27)38-15-13-37(14-16-38)25-4-2-24(3-5-25)35-22-42/h1-12,17,21,28H,13-16,18-20H2/t28-,31-/m1/s1. The molecule has 2 aliphatic heterocycles. The third-order valence-corrected chi connectivity index (χ3v) is 8.10. The molecular weight excluding hydrogens is 593 g/mol. The molecule has 2 aliphatic rings. The highest BCUT2D eigenvalue weighted by molar-refractivity contribution is 7.78. The predicted octanol–water partition coefficient (Wildman–Crippen LogP) is 6.60. The van der Waals surface area contributed by atoms with Gasteiger partial charge in [0, 0.05) is 60.5 Å². The molecule has 216 valence electrons. The van der Waals surface area contributed by atoms with Crippen molar-refractivity contribution in [3.63, 3.8) is 0 Å². The molecule has 1 aromatic heterocycles. The molecule has 2 atom stereocenters. The van der Waals surface area contributed by atoms with Crippen LogP contribution in [0.5, 0.6) is 5.75 Å². The van der Waals surface area contributed by atoms with E-state index in [-0.39, 0.29) is 6.10 Å². The molecule has 0 radical (unpaired) electrons. The highest BCUT2D eigenvalue weighted by Crippen LogP contribution is 2.40. The zero-order chi connectivity index (χ0) is 28.9. The van der Waals surface area contributed by atoms with Crippen molar-refractivity contribution < 1.29 is 14.2 Å². The zero-order valence-corrected chi connectivity index (χ0v) is 25.1. The van der Waals surface area contributed by atoms with E-state index in [1.54, 1.807) is 24.7 Å². The van der Waals surface area contributed by atoms with Gasteiger partial charge in [-0.3, -0.25) is 0 Å². The van der Waals surface area contributed by atoms with Gasteiger partial charge in [-0.05, 0) is 72.9 Å². The van der Waals surface area contributed by atoms with Crippen LogP contribution in [0.3, 0.4) is 0 Å². The number of rotatable bonds is 9. The van der Waals surface area contributed by atoms with Gasteiger partial charge in [-0.25, -0.2) is 4.98 Å². The molecule has 2 fully saturated rings. The van der Waals surface area contributed by atoms with E-state index in [0.717, 1.165) is 37.6 Å². The fourth-order valence-electron chi connectivity index (χ4n) is 5.33. The molecule has 0 amide bonds. The maximum atomic E-state index is 6.58. The first-order valence-corrected chi connectivity index (χ1v) is 14.8. The van der Waals surface area contributed by atoms with E-state index in [1.165, 1.54) is 11.4 Å². The second kappa shape index (κ2) is 12.8. The van der Waals surface area contributed by atoms with Crippen LogP contribution in [0.15, 0.2) is 90.4 Å². The van der Waals surface area contributed by atoms with Crippen LogP contribution in [0.1, 0.15) is 5.56 Å². The Morgan fingerprint density at radius 3 is 2.29 bits per heavy atom. The number of aromatic nitrogens is 2. The van der Waals surface area contributed by atoms with Crippen molar-refractivity contribution in [3.8, 4) is 5.75 Å². The summed E-state index contributed by atoms with van der Waals surface area (Å²) in [7, 11) is 0. The number of benzene rings is 3. The third kappa shape index (κ3) is 6.47. The summed E-state index contributed by atoms with van der Waals surface area (Å²) in [4.78, 5) is 12.9. The molecule has 42 heavy (non-hydrogen) atoms. The van der Waals surface area contributed by atoms with Gasteiger partial charge in [0.15, 0.2) is 0 Å². The van der Waals surface area contributed by atoms with E-state index in [4.69, 9.17) is 37.4 Å². The van der Waals surface area contributed by atoms with Gasteiger partial charge >= 0.3 is 0 Å². The monoisotopic (exact) mass is 621 g/mol. The number of hydrogen-bond acceptors (Lipinski definition) is 8. The van der Waals surface area contributed by atoms with Crippen molar-refractivity contribution in [2.45, 2.75) is 18.4 Å². The first-order valence-electron chi connectivity index (χ1n) is 13.7. The lowest BCUT2D eigenvalue weighted by molar-refractivity contribution is -0.189. The molecule has 0 aliphatic carbocycles.